The van der Waals surface area contributed by atoms with E-state index < -0.39 is 0 Å². The molecule has 7 nitrogen and oxygen atoms in total. The Bertz CT molecular complexity index is 1030. The van der Waals surface area contributed by atoms with Crippen LogP contribution in [0.1, 0.15) is 11.1 Å². The Balaban J connectivity index is 1.21. The van der Waals surface area contributed by atoms with Crippen LogP contribution in [0.3, 0.4) is 0 Å². The van der Waals surface area contributed by atoms with Crippen LogP contribution < -0.4 is 9.64 Å². The number of amides is 1. The molecule has 0 bridgehead atoms. The van der Waals surface area contributed by atoms with E-state index in [1.807, 2.05) is 11.1 Å². The first kappa shape index (κ1) is 20.6. The Morgan fingerprint density at radius 1 is 1.00 bits per heavy atom. The number of rotatable bonds is 5. The summed E-state index contributed by atoms with van der Waals surface area (Å²) in [4.78, 5) is 23.6. The van der Waals surface area contributed by atoms with Crippen molar-refractivity contribution in [1.29, 1.82) is 0 Å². The van der Waals surface area contributed by atoms with Gasteiger partial charge in [0.05, 0.1) is 12.9 Å². The van der Waals surface area contributed by atoms with Gasteiger partial charge in [0, 0.05) is 62.9 Å². The molecule has 1 fully saturated rings. The monoisotopic (exact) mass is 431 g/mol. The lowest BCUT2D eigenvalue weighted by Crippen LogP contribution is -2.45. The average molecular weight is 432 g/mol. The molecule has 32 heavy (non-hydrogen) atoms. The minimum absolute atomic E-state index is 0.0851. The third-order valence-corrected chi connectivity index (χ3v) is 6.23. The third-order valence-electron chi connectivity index (χ3n) is 6.23. The number of carbonyl (C=O) groups excluding carboxylic acids is 1. The fraction of sp³-hybridized carbons (Fsp3) is 0.360. The van der Waals surface area contributed by atoms with Gasteiger partial charge in [-0.3, -0.25) is 9.69 Å². The van der Waals surface area contributed by atoms with Crippen molar-refractivity contribution in [2.75, 3.05) is 44.2 Å². The Kier molecular flexibility index (Phi) is 6.07. The molecule has 0 unspecified atom stereocenters. The molecule has 0 spiro atoms. The number of nitrogens with zero attached hydrogens (tertiary/aromatic N) is 5. The van der Waals surface area contributed by atoms with Gasteiger partial charge in [0.15, 0.2) is 0 Å². The number of anilines is 1. The van der Waals surface area contributed by atoms with Crippen LogP contribution in [0, 0.1) is 0 Å². The Morgan fingerprint density at radius 2 is 1.84 bits per heavy atom. The van der Waals surface area contributed by atoms with Crippen molar-refractivity contribution in [2.24, 2.45) is 0 Å². The smallest absolute Gasteiger partial charge is 0.242 e. The minimum Gasteiger partial charge on any atom is -0.491 e. The first-order chi connectivity index (χ1) is 15.7. The van der Waals surface area contributed by atoms with Crippen molar-refractivity contribution in [2.45, 2.75) is 19.6 Å². The molecule has 7 heteroatoms. The number of imidazole rings is 1. The van der Waals surface area contributed by atoms with E-state index in [1.54, 1.807) is 17.1 Å². The maximum atomic E-state index is 12.8. The molecule has 3 aromatic rings. The largest absolute Gasteiger partial charge is 0.491 e. The zero-order chi connectivity index (χ0) is 21.8. The molecule has 0 saturated carbocycles. The van der Waals surface area contributed by atoms with Gasteiger partial charge >= 0.3 is 0 Å². The number of aromatic nitrogens is 2. The molecule has 0 radical (unpaired) electrons. The summed E-state index contributed by atoms with van der Waals surface area (Å²) in [5.74, 6) is 0.975. The number of fused-ring (bicyclic) bond motifs is 1. The highest BCUT2D eigenvalue weighted by Gasteiger charge is 2.22. The van der Waals surface area contributed by atoms with Crippen LogP contribution in [0.2, 0.25) is 0 Å². The highest BCUT2D eigenvalue weighted by molar-refractivity contribution is 5.76. The molecule has 1 saturated heterocycles. The number of benzene rings is 2. The molecule has 3 heterocycles. The van der Waals surface area contributed by atoms with E-state index >= 15 is 0 Å². The van der Waals surface area contributed by atoms with Crippen LogP contribution in [0.25, 0.3) is 0 Å². The van der Waals surface area contributed by atoms with Crippen molar-refractivity contribution in [3.63, 3.8) is 0 Å². The van der Waals surface area contributed by atoms with E-state index in [0.717, 1.165) is 44.0 Å². The number of ether oxygens (including phenoxy) is 1. The first-order valence-electron chi connectivity index (χ1n) is 11.2. The Morgan fingerprint density at radius 3 is 2.62 bits per heavy atom. The summed E-state index contributed by atoms with van der Waals surface area (Å²) in [6.45, 7) is 7.07. The number of carbonyl (C=O) groups is 1. The lowest BCUT2D eigenvalue weighted by atomic mass is 10.1. The molecule has 2 aromatic carbocycles. The second-order valence-electron chi connectivity index (χ2n) is 8.44. The second-order valence-corrected chi connectivity index (χ2v) is 8.44. The summed E-state index contributed by atoms with van der Waals surface area (Å²) in [5.41, 5.74) is 3.65. The second kappa shape index (κ2) is 9.44. The summed E-state index contributed by atoms with van der Waals surface area (Å²) in [6, 6.07) is 17.1. The number of hydrogen-bond donors (Lipinski definition) is 0. The van der Waals surface area contributed by atoms with Crippen LogP contribution in [0.5, 0.6) is 5.75 Å². The lowest BCUT2D eigenvalue weighted by molar-refractivity contribution is -0.132. The van der Waals surface area contributed by atoms with Crippen molar-refractivity contribution >= 4 is 11.6 Å². The maximum Gasteiger partial charge on any atom is 0.242 e. The Hall–Kier alpha value is -3.32. The van der Waals surface area contributed by atoms with E-state index in [2.05, 4.69) is 63.3 Å². The normalized spacial score (nSPS) is 16.9. The summed E-state index contributed by atoms with van der Waals surface area (Å²) in [7, 11) is 0. The quantitative estimate of drug-likeness (QED) is 0.622. The van der Waals surface area contributed by atoms with Gasteiger partial charge < -0.3 is 19.1 Å². The van der Waals surface area contributed by atoms with Gasteiger partial charge in [-0.25, -0.2) is 4.98 Å². The first-order valence-corrected chi connectivity index (χ1v) is 11.2. The fourth-order valence-electron chi connectivity index (χ4n) is 4.46. The van der Waals surface area contributed by atoms with Gasteiger partial charge in [-0.15, -0.1) is 0 Å². The standard InChI is InChI=1S/C25H29N5O2/c31-25(19-28-9-8-26-20-28)30-14-15-32-24-7-6-21(16-22(24)18-30)17-27-10-12-29(13-11-27)23-4-2-1-3-5-23/h1-9,16,20H,10-15,17-19H2. The van der Waals surface area contributed by atoms with E-state index in [9.17, 15) is 4.79 Å². The van der Waals surface area contributed by atoms with Crippen molar-refractivity contribution in [3.8, 4) is 5.75 Å². The molecule has 1 aromatic heterocycles. The molecule has 0 aliphatic carbocycles. The van der Waals surface area contributed by atoms with Gasteiger partial charge in [0.25, 0.3) is 0 Å². The van der Waals surface area contributed by atoms with Crippen LogP contribution in [-0.2, 0) is 24.4 Å². The van der Waals surface area contributed by atoms with Crippen molar-refractivity contribution in [3.05, 3.63) is 78.4 Å². The summed E-state index contributed by atoms with van der Waals surface area (Å²) < 4.78 is 7.74. The molecule has 0 N–H and O–H groups in total. The molecule has 5 rings (SSSR count). The van der Waals surface area contributed by atoms with Gasteiger partial charge in [0.2, 0.25) is 5.91 Å². The number of piperazine rings is 1. The van der Waals surface area contributed by atoms with Gasteiger partial charge in [-0.1, -0.05) is 24.3 Å². The molecule has 2 aliphatic rings. The molecule has 1 amide bonds. The molecule has 0 atom stereocenters. The predicted octanol–water partition coefficient (Wildman–Crippen LogP) is 2.63. The van der Waals surface area contributed by atoms with Crippen LogP contribution in [0.4, 0.5) is 5.69 Å². The number of hydrogen-bond acceptors (Lipinski definition) is 5. The van der Waals surface area contributed by atoms with Crippen molar-refractivity contribution < 1.29 is 9.53 Å². The van der Waals surface area contributed by atoms with E-state index in [4.69, 9.17) is 4.74 Å². The van der Waals surface area contributed by atoms with Crippen LogP contribution >= 0.6 is 0 Å². The van der Waals surface area contributed by atoms with E-state index in [0.29, 0.717) is 26.2 Å². The van der Waals surface area contributed by atoms with Crippen LogP contribution in [-0.4, -0.2) is 64.6 Å². The maximum absolute atomic E-state index is 12.8. The average Bonchev–Trinajstić information content (AvgIpc) is 3.24. The van der Waals surface area contributed by atoms with Crippen LogP contribution in [0.15, 0.2) is 67.3 Å². The number of para-hydroxylation sites is 1. The molecular weight excluding hydrogens is 402 g/mol. The molecular formula is C25H29N5O2. The fourth-order valence-corrected chi connectivity index (χ4v) is 4.46. The van der Waals surface area contributed by atoms with Crippen molar-refractivity contribution in [1.82, 2.24) is 19.4 Å². The SMILES string of the molecule is O=C(Cn1ccnc1)N1CCOc2ccc(CN3CCN(c4ccccc4)CC3)cc2C1. The Labute approximate surface area is 188 Å². The van der Waals surface area contributed by atoms with E-state index in [-0.39, 0.29) is 5.91 Å². The minimum atomic E-state index is 0.0851. The zero-order valence-corrected chi connectivity index (χ0v) is 18.3. The summed E-state index contributed by atoms with van der Waals surface area (Å²) in [5, 5.41) is 0. The summed E-state index contributed by atoms with van der Waals surface area (Å²) in [6.07, 6.45) is 5.19. The molecule has 2 aliphatic heterocycles. The lowest BCUT2D eigenvalue weighted by Gasteiger charge is -2.36. The van der Waals surface area contributed by atoms with E-state index in [1.165, 1.54) is 11.3 Å². The highest BCUT2D eigenvalue weighted by atomic mass is 16.5. The van der Waals surface area contributed by atoms with Gasteiger partial charge in [0.1, 0.15) is 18.9 Å². The topological polar surface area (TPSA) is 53.8 Å². The zero-order valence-electron chi connectivity index (χ0n) is 18.3. The van der Waals surface area contributed by atoms with Gasteiger partial charge in [-0.05, 0) is 29.8 Å². The van der Waals surface area contributed by atoms with Gasteiger partial charge in [-0.2, -0.15) is 0 Å². The third kappa shape index (κ3) is 4.78. The predicted molar refractivity (Wildman–Crippen MR) is 124 cm³/mol. The summed E-state index contributed by atoms with van der Waals surface area (Å²) >= 11 is 0. The molecule has 166 valence electrons. The highest BCUT2D eigenvalue weighted by Crippen LogP contribution is 2.26.